The number of anilines is 1. The van der Waals surface area contributed by atoms with Gasteiger partial charge in [0.2, 0.25) is 21.0 Å². The van der Waals surface area contributed by atoms with Crippen molar-refractivity contribution in [1.82, 2.24) is 4.57 Å². The summed E-state index contributed by atoms with van der Waals surface area (Å²) in [6.07, 6.45) is -4.50. The van der Waals surface area contributed by atoms with Crippen molar-refractivity contribution in [1.29, 1.82) is 0 Å². The van der Waals surface area contributed by atoms with Crippen LogP contribution in [0.15, 0.2) is 81.9 Å². The van der Waals surface area contributed by atoms with Crippen molar-refractivity contribution in [3.8, 4) is 5.88 Å². The highest BCUT2D eigenvalue weighted by molar-refractivity contribution is 14.1. The van der Waals surface area contributed by atoms with Gasteiger partial charge < -0.3 is 15.0 Å². The Labute approximate surface area is 228 Å². The second-order valence-corrected chi connectivity index (χ2v) is 11.0. The highest BCUT2D eigenvalue weighted by Crippen LogP contribution is 2.40. The number of fused-ring (bicyclic) bond motifs is 1. The summed E-state index contributed by atoms with van der Waals surface area (Å²) >= 11 is 7.24. The monoisotopic (exact) mass is 659 g/mol. The number of aromatic hydroxyl groups is 1. The largest absolute Gasteiger partial charge is 0.493 e. The van der Waals surface area contributed by atoms with Crippen LogP contribution in [0, 0.1) is 3.57 Å². The van der Waals surface area contributed by atoms with Crippen LogP contribution >= 0.6 is 34.8 Å². The van der Waals surface area contributed by atoms with Crippen LogP contribution in [0.3, 0.4) is 0 Å². The second-order valence-electron chi connectivity index (χ2n) is 7.79. The van der Waals surface area contributed by atoms with Gasteiger partial charge in [-0.05, 0) is 82.8 Å². The number of nitrogens with zero attached hydrogens (tertiary/aromatic N) is 3. The Morgan fingerprint density at radius 3 is 2.54 bits per heavy atom. The molecular weight excluding hydrogens is 642 g/mol. The molecule has 0 amide bonds. The molecule has 0 spiro atoms. The van der Waals surface area contributed by atoms with Crippen LogP contribution in [-0.4, -0.2) is 23.2 Å². The van der Waals surface area contributed by atoms with Crippen LogP contribution in [0.25, 0.3) is 10.9 Å². The quantitative estimate of drug-likeness (QED) is 0.135. The van der Waals surface area contributed by atoms with Crippen LogP contribution in [0.2, 0.25) is 0 Å². The predicted octanol–water partition coefficient (Wildman–Crippen LogP) is 6.15. The van der Waals surface area contributed by atoms with Gasteiger partial charge in [0, 0.05) is 8.96 Å². The van der Waals surface area contributed by atoms with Gasteiger partial charge in [0.05, 0.1) is 23.3 Å². The fourth-order valence-electron chi connectivity index (χ4n) is 3.64. The van der Waals surface area contributed by atoms with E-state index in [1.807, 2.05) is 0 Å². The molecule has 0 aliphatic rings. The van der Waals surface area contributed by atoms with Crippen LogP contribution in [-0.2, 0) is 22.7 Å². The number of primary sulfonamides is 1. The highest BCUT2D eigenvalue weighted by atomic mass is 127. The summed E-state index contributed by atoms with van der Waals surface area (Å²) in [6, 6.07) is 15.9. The van der Waals surface area contributed by atoms with Crippen molar-refractivity contribution in [2.75, 3.05) is 5.32 Å². The number of alkyl halides is 3. The minimum atomic E-state index is -4.50. The standard InChI is InChI=1S/C23H17F3IN5O3S2/c24-23(25,26)14-5-3-4-13(10-14)12-32-18-9-8-15(27)11-16(18)20(21(32)33)30-31-22(36)29-17-6-1-2-7-19(17)37(28,34)35/h1-11,33H,12H2,(H,29,36)(H2,28,34,35). The van der Waals surface area contributed by atoms with Crippen molar-refractivity contribution in [3.05, 3.63) is 81.4 Å². The Kier molecular flexibility index (Phi) is 7.55. The summed E-state index contributed by atoms with van der Waals surface area (Å²) < 4.78 is 65.4. The first-order valence-corrected chi connectivity index (χ1v) is 13.4. The maximum absolute atomic E-state index is 13.2. The summed E-state index contributed by atoms with van der Waals surface area (Å²) in [5.41, 5.74) is 0.180. The van der Waals surface area contributed by atoms with Crippen molar-refractivity contribution in [3.63, 3.8) is 0 Å². The molecule has 0 aliphatic heterocycles. The molecule has 0 atom stereocenters. The lowest BCUT2D eigenvalue weighted by Crippen LogP contribution is -2.16. The summed E-state index contributed by atoms with van der Waals surface area (Å²) in [5.74, 6) is -0.328. The number of para-hydroxylation sites is 1. The van der Waals surface area contributed by atoms with Gasteiger partial charge in [-0.25, -0.2) is 13.6 Å². The lowest BCUT2D eigenvalue weighted by molar-refractivity contribution is -0.137. The van der Waals surface area contributed by atoms with Gasteiger partial charge in [-0.2, -0.15) is 13.2 Å². The fraction of sp³-hybridized carbons (Fsp3) is 0.0870. The molecule has 14 heteroatoms. The number of hydrogen-bond acceptors (Lipinski definition) is 5. The number of nitrogens with two attached hydrogens (primary N) is 1. The molecule has 192 valence electrons. The van der Waals surface area contributed by atoms with Gasteiger partial charge in [0.15, 0.2) is 5.69 Å². The lowest BCUT2D eigenvalue weighted by atomic mass is 10.1. The normalized spacial score (nSPS) is 12.4. The third-order valence-corrected chi connectivity index (χ3v) is 7.07. The van der Waals surface area contributed by atoms with Crippen molar-refractivity contribution < 1.29 is 26.7 Å². The van der Waals surface area contributed by atoms with Crippen molar-refractivity contribution in [2.24, 2.45) is 15.4 Å². The van der Waals surface area contributed by atoms with E-state index < -0.39 is 21.8 Å². The van der Waals surface area contributed by atoms with Gasteiger partial charge in [-0.1, -0.05) is 24.3 Å². The van der Waals surface area contributed by atoms with Gasteiger partial charge in [-0.15, -0.1) is 10.2 Å². The second kappa shape index (κ2) is 10.4. The SMILES string of the molecule is NS(=O)(=O)c1ccccc1NC(=S)N=Nc1c(O)n(Cc2cccc(C(F)(F)F)c2)c2ccc(I)cc12. The van der Waals surface area contributed by atoms with Gasteiger partial charge in [0.1, 0.15) is 4.90 Å². The maximum atomic E-state index is 13.2. The number of nitrogens with one attached hydrogen (secondary N) is 1. The summed E-state index contributed by atoms with van der Waals surface area (Å²) in [6.45, 7) is -0.0627. The van der Waals surface area contributed by atoms with E-state index in [0.717, 1.165) is 15.7 Å². The van der Waals surface area contributed by atoms with Gasteiger partial charge in [-0.3, -0.25) is 0 Å². The first-order chi connectivity index (χ1) is 17.3. The van der Waals surface area contributed by atoms with Crippen molar-refractivity contribution in [2.45, 2.75) is 17.6 Å². The Hall–Kier alpha value is -3.08. The van der Waals surface area contributed by atoms with Gasteiger partial charge >= 0.3 is 6.18 Å². The number of hydrogen-bond donors (Lipinski definition) is 3. The molecule has 0 unspecified atom stereocenters. The fourth-order valence-corrected chi connectivity index (χ4v) is 4.97. The molecule has 1 heterocycles. The van der Waals surface area contributed by atoms with E-state index in [0.29, 0.717) is 16.5 Å². The summed E-state index contributed by atoms with van der Waals surface area (Å²) in [5, 5.41) is 27.1. The average molecular weight is 659 g/mol. The predicted molar refractivity (Wildman–Crippen MR) is 145 cm³/mol. The van der Waals surface area contributed by atoms with E-state index in [1.54, 1.807) is 24.3 Å². The molecule has 4 rings (SSSR count). The molecule has 0 saturated carbocycles. The molecule has 0 aliphatic carbocycles. The van der Waals surface area contributed by atoms with E-state index >= 15 is 0 Å². The number of benzene rings is 3. The highest BCUT2D eigenvalue weighted by Gasteiger charge is 2.30. The summed E-state index contributed by atoms with van der Waals surface area (Å²) in [7, 11) is -4.03. The molecule has 4 aromatic rings. The topological polar surface area (TPSA) is 122 Å². The van der Waals surface area contributed by atoms with Crippen LogP contribution < -0.4 is 10.5 Å². The minimum Gasteiger partial charge on any atom is -0.493 e. The number of halogens is 4. The zero-order valence-corrected chi connectivity index (χ0v) is 22.4. The van der Waals surface area contributed by atoms with E-state index in [2.05, 4.69) is 38.1 Å². The third-order valence-electron chi connectivity index (χ3n) is 5.24. The first kappa shape index (κ1) is 27.0. The molecule has 0 saturated heterocycles. The number of sulfonamides is 1. The molecular formula is C23H17F3IN5O3S2. The number of thiocarbonyl (C=S) groups is 1. The van der Waals surface area contributed by atoms with Crippen LogP contribution in [0.4, 0.5) is 24.5 Å². The zero-order chi connectivity index (χ0) is 27.0. The van der Waals surface area contributed by atoms with E-state index in [-0.39, 0.29) is 33.8 Å². The van der Waals surface area contributed by atoms with Crippen LogP contribution in [0.5, 0.6) is 5.88 Å². The third kappa shape index (κ3) is 6.08. The summed E-state index contributed by atoms with van der Waals surface area (Å²) in [4.78, 5) is -0.192. The first-order valence-electron chi connectivity index (χ1n) is 10.4. The lowest BCUT2D eigenvalue weighted by Gasteiger charge is -2.11. The van der Waals surface area contributed by atoms with Gasteiger partial charge in [0.25, 0.3) is 0 Å². The molecule has 37 heavy (non-hydrogen) atoms. The number of rotatable bonds is 5. The average Bonchev–Trinajstić information content (AvgIpc) is 3.07. The van der Waals surface area contributed by atoms with Crippen molar-refractivity contribution >= 4 is 72.2 Å². The molecule has 0 bridgehead atoms. The Morgan fingerprint density at radius 1 is 1.11 bits per heavy atom. The smallest absolute Gasteiger partial charge is 0.416 e. The van der Waals surface area contributed by atoms with E-state index in [1.165, 1.54) is 34.9 Å². The Balaban J connectivity index is 1.69. The van der Waals surface area contributed by atoms with Crippen LogP contribution in [0.1, 0.15) is 11.1 Å². The molecule has 1 aromatic heterocycles. The molecule has 0 fully saturated rings. The Bertz CT molecular complexity index is 1650. The number of azo groups is 1. The molecule has 3 aromatic carbocycles. The molecule has 0 radical (unpaired) electrons. The van der Waals surface area contributed by atoms with E-state index in [9.17, 15) is 26.7 Å². The zero-order valence-electron chi connectivity index (χ0n) is 18.6. The molecule has 8 nitrogen and oxygen atoms in total. The number of aromatic nitrogens is 1. The Morgan fingerprint density at radius 2 is 1.84 bits per heavy atom. The molecule has 4 N–H and O–H groups in total. The minimum absolute atomic E-state index is 0.0457. The van der Waals surface area contributed by atoms with E-state index in [4.69, 9.17) is 17.4 Å². The maximum Gasteiger partial charge on any atom is 0.416 e.